The molecule has 0 fully saturated rings. The molecule has 2 amide bonds. The van der Waals surface area contributed by atoms with Crippen molar-refractivity contribution < 1.29 is 28.6 Å². The lowest BCUT2D eigenvalue weighted by molar-refractivity contribution is -0.142. The van der Waals surface area contributed by atoms with Gasteiger partial charge in [-0.15, -0.1) is 0 Å². The fourth-order valence-corrected chi connectivity index (χ4v) is 5.73. The lowest BCUT2D eigenvalue weighted by atomic mass is 9.98. The molecule has 0 aliphatic carbocycles. The number of pyridine rings is 1. The molecule has 0 saturated heterocycles. The first-order chi connectivity index (χ1) is 20.8. The number of carboxylic acids is 1. The van der Waals surface area contributed by atoms with E-state index in [0.29, 0.717) is 38.2 Å². The predicted molar refractivity (Wildman–Crippen MR) is 162 cm³/mol. The zero-order valence-corrected chi connectivity index (χ0v) is 25.2. The number of ether oxygens (including phenoxy) is 1. The Hall–Kier alpha value is -3.57. The highest BCUT2D eigenvalue weighted by atomic mass is 19.1. The van der Waals surface area contributed by atoms with Gasteiger partial charge >= 0.3 is 5.97 Å². The number of hydrogen-bond acceptors (Lipinski definition) is 7. The highest BCUT2D eigenvalue weighted by Gasteiger charge is 2.33. The summed E-state index contributed by atoms with van der Waals surface area (Å²) in [5.41, 5.74) is 3.79. The quantitative estimate of drug-likeness (QED) is 0.252. The Labute approximate surface area is 253 Å². The number of nitrogens with zero attached hydrogens (tertiary/aromatic N) is 3. The molecule has 0 radical (unpaired) electrons. The average Bonchev–Trinajstić information content (AvgIpc) is 3.02. The van der Waals surface area contributed by atoms with Crippen LogP contribution in [0, 0.1) is 0 Å². The molecule has 3 N–H and O–H groups in total. The number of nitrogens with one attached hydrogen (secondary N) is 2. The van der Waals surface area contributed by atoms with Gasteiger partial charge in [0, 0.05) is 44.5 Å². The third-order valence-corrected chi connectivity index (χ3v) is 8.40. The molecule has 3 heterocycles. The number of fused-ring (bicyclic) bond motifs is 2. The molecule has 3 atom stereocenters. The molecule has 0 bridgehead atoms. The van der Waals surface area contributed by atoms with Crippen LogP contribution in [0.25, 0.3) is 0 Å². The van der Waals surface area contributed by atoms with Gasteiger partial charge in [-0.2, -0.15) is 0 Å². The number of rotatable bonds is 16. The van der Waals surface area contributed by atoms with Gasteiger partial charge in [-0.1, -0.05) is 24.3 Å². The highest BCUT2D eigenvalue weighted by molar-refractivity contribution is 6.00. The average molecular weight is 598 g/mol. The van der Waals surface area contributed by atoms with Crippen molar-refractivity contribution >= 4 is 23.6 Å². The van der Waals surface area contributed by atoms with Gasteiger partial charge in [-0.05, 0) is 81.7 Å². The maximum Gasteiger partial charge on any atom is 0.326 e. The SMILES string of the molecule is COC(CF)CN(CCCCc1ccc2c(n1)NCCC2)CCC(NC(=O)C(C)N1CCc2ccccc2C1=O)C(=O)O. The second-order valence-electron chi connectivity index (χ2n) is 11.4. The molecule has 1 aromatic carbocycles. The summed E-state index contributed by atoms with van der Waals surface area (Å²) in [7, 11) is 1.46. The van der Waals surface area contributed by atoms with Gasteiger partial charge < -0.3 is 30.3 Å². The Morgan fingerprint density at radius 1 is 1.16 bits per heavy atom. The van der Waals surface area contributed by atoms with Crippen LogP contribution in [0.15, 0.2) is 36.4 Å². The number of carbonyl (C=O) groups excluding carboxylic acids is 2. The number of carbonyl (C=O) groups is 3. The topological polar surface area (TPSA) is 124 Å². The van der Waals surface area contributed by atoms with Crippen molar-refractivity contribution in [2.45, 2.75) is 70.1 Å². The third kappa shape index (κ3) is 8.73. The van der Waals surface area contributed by atoms with E-state index in [0.717, 1.165) is 55.7 Å². The van der Waals surface area contributed by atoms with Gasteiger partial charge in [-0.25, -0.2) is 14.2 Å². The number of carboxylic acid groups (broad SMARTS) is 1. The first-order valence-electron chi connectivity index (χ1n) is 15.3. The lowest BCUT2D eigenvalue weighted by Gasteiger charge is -2.33. The Balaban J connectivity index is 1.30. The number of alkyl halides is 1. The van der Waals surface area contributed by atoms with E-state index in [1.54, 1.807) is 19.1 Å². The molecule has 0 saturated carbocycles. The van der Waals surface area contributed by atoms with Crippen molar-refractivity contribution in [1.29, 1.82) is 0 Å². The van der Waals surface area contributed by atoms with E-state index in [4.69, 9.17) is 9.72 Å². The molecule has 234 valence electrons. The lowest BCUT2D eigenvalue weighted by Crippen LogP contribution is -2.54. The fourth-order valence-electron chi connectivity index (χ4n) is 5.73. The van der Waals surface area contributed by atoms with Crippen molar-refractivity contribution in [3.05, 3.63) is 58.8 Å². The van der Waals surface area contributed by atoms with Crippen LogP contribution >= 0.6 is 0 Å². The number of aromatic nitrogens is 1. The number of halogens is 1. The number of hydrogen-bond donors (Lipinski definition) is 3. The summed E-state index contributed by atoms with van der Waals surface area (Å²) >= 11 is 0. The Morgan fingerprint density at radius 2 is 1.98 bits per heavy atom. The van der Waals surface area contributed by atoms with Crippen LogP contribution in [0.2, 0.25) is 0 Å². The van der Waals surface area contributed by atoms with Gasteiger partial charge in [0.15, 0.2) is 0 Å². The molecule has 1 aromatic heterocycles. The summed E-state index contributed by atoms with van der Waals surface area (Å²) in [6, 6.07) is 9.56. The second kappa shape index (κ2) is 15.8. The molecule has 2 aromatic rings. The van der Waals surface area contributed by atoms with E-state index in [-0.39, 0.29) is 12.3 Å². The van der Waals surface area contributed by atoms with E-state index in [1.165, 1.54) is 17.6 Å². The number of aliphatic carboxylic acids is 1. The van der Waals surface area contributed by atoms with Crippen molar-refractivity contribution in [2.75, 3.05) is 51.8 Å². The number of unbranched alkanes of at least 4 members (excludes halogenated alkanes) is 1. The molecule has 4 rings (SSSR count). The largest absolute Gasteiger partial charge is 0.480 e. The van der Waals surface area contributed by atoms with Gasteiger partial charge in [0.1, 0.15) is 24.6 Å². The van der Waals surface area contributed by atoms with Gasteiger partial charge in [0.05, 0.1) is 6.10 Å². The molecule has 2 aliphatic heterocycles. The summed E-state index contributed by atoms with van der Waals surface area (Å²) in [4.78, 5) is 46.5. The highest BCUT2D eigenvalue weighted by Crippen LogP contribution is 2.22. The van der Waals surface area contributed by atoms with Gasteiger partial charge in [0.2, 0.25) is 5.91 Å². The van der Waals surface area contributed by atoms with Crippen LogP contribution in [-0.2, 0) is 33.6 Å². The van der Waals surface area contributed by atoms with E-state index in [2.05, 4.69) is 22.8 Å². The minimum atomic E-state index is -1.16. The summed E-state index contributed by atoms with van der Waals surface area (Å²) in [5.74, 6) is -0.933. The van der Waals surface area contributed by atoms with Crippen LogP contribution in [0.1, 0.15) is 59.8 Å². The number of methoxy groups -OCH3 is 1. The summed E-state index contributed by atoms with van der Waals surface area (Å²) < 4.78 is 18.8. The molecule has 43 heavy (non-hydrogen) atoms. The minimum Gasteiger partial charge on any atom is -0.480 e. The third-order valence-electron chi connectivity index (χ3n) is 8.40. The maximum atomic E-state index is 13.5. The number of aryl methyl sites for hydroxylation is 2. The Bertz CT molecular complexity index is 1260. The van der Waals surface area contributed by atoms with Gasteiger partial charge in [-0.3, -0.25) is 9.59 Å². The Kier molecular flexibility index (Phi) is 11.9. The molecular weight excluding hydrogens is 553 g/mol. The smallest absolute Gasteiger partial charge is 0.326 e. The van der Waals surface area contributed by atoms with Crippen molar-refractivity contribution in [3.8, 4) is 0 Å². The minimum absolute atomic E-state index is 0.130. The van der Waals surface area contributed by atoms with Gasteiger partial charge in [0.25, 0.3) is 5.91 Å². The van der Waals surface area contributed by atoms with Crippen LogP contribution in [-0.4, -0.2) is 102 Å². The summed E-state index contributed by atoms with van der Waals surface area (Å²) in [6.07, 6.45) is 4.79. The molecule has 0 spiro atoms. The summed E-state index contributed by atoms with van der Waals surface area (Å²) in [6.45, 7) is 3.56. The molecule has 11 heteroatoms. The van der Waals surface area contributed by atoms with Crippen LogP contribution < -0.4 is 10.6 Å². The zero-order valence-electron chi connectivity index (χ0n) is 25.2. The van der Waals surface area contributed by atoms with Crippen LogP contribution in [0.3, 0.4) is 0 Å². The molecule has 10 nitrogen and oxygen atoms in total. The number of anilines is 1. The Morgan fingerprint density at radius 3 is 2.74 bits per heavy atom. The first kappa shape index (κ1) is 32.3. The monoisotopic (exact) mass is 597 g/mol. The standard InChI is InChI=1S/C32H44FN5O5/c1-22(38-19-14-23-8-3-4-11-27(23)31(38)40)30(39)36-28(32(41)42)15-18-37(21-26(20-33)43-2)17-6-5-10-25-13-12-24-9-7-16-34-29(24)35-25/h3-4,8,11-13,22,26,28H,5-7,9-10,14-21H2,1-2H3,(H,34,35)(H,36,39)(H,41,42). The van der Waals surface area contributed by atoms with E-state index in [9.17, 15) is 23.9 Å². The second-order valence-corrected chi connectivity index (χ2v) is 11.4. The van der Waals surface area contributed by atoms with Crippen LogP contribution in [0.4, 0.5) is 10.2 Å². The number of amides is 2. The van der Waals surface area contributed by atoms with E-state index in [1.807, 2.05) is 17.0 Å². The van der Waals surface area contributed by atoms with E-state index >= 15 is 0 Å². The van der Waals surface area contributed by atoms with E-state index < -0.39 is 36.7 Å². The maximum absolute atomic E-state index is 13.5. The normalized spacial score (nSPS) is 16.6. The zero-order chi connectivity index (χ0) is 30.8. The van der Waals surface area contributed by atoms with Crippen molar-refractivity contribution in [3.63, 3.8) is 0 Å². The first-order valence-corrected chi connectivity index (χ1v) is 15.3. The molecule has 2 aliphatic rings. The molecular formula is C32H44FN5O5. The van der Waals surface area contributed by atoms with Crippen LogP contribution in [0.5, 0.6) is 0 Å². The van der Waals surface area contributed by atoms with Crippen molar-refractivity contribution in [1.82, 2.24) is 20.1 Å². The number of benzene rings is 1. The van der Waals surface area contributed by atoms with Crippen molar-refractivity contribution in [2.24, 2.45) is 0 Å². The fraction of sp³-hybridized carbons (Fsp3) is 0.562. The summed E-state index contributed by atoms with van der Waals surface area (Å²) in [5, 5.41) is 15.9. The molecule has 3 unspecified atom stereocenters. The predicted octanol–water partition coefficient (Wildman–Crippen LogP) is 3.10.